The zero-order chi connectivity index (χ0) is 9.54. The Kier molecular flexibility index (Phi) is 1.87. The second-order valence-corrected chi connectivity index (χ2v) is 4.90. The van der Waals surface area contributed by atoms with E-state index in [1.807, 2.05) is 0 Å². The minimum absolute atomic E-state index is 0.520. The van der Waals surface area contributed by atoms with Crippen molar-refractivity contribution < 1.29 is 0 Å². The molecule has 1 aliphatic rings. The van der Waals surface area contributed by atoms with Gasteiger partial charge in [0.2, 0.25) is 0 Å². The Bertz CT molecular complexity index is 520. The number of benzene rings is 2. The quantitative estimate of drug-likeness (QED) is 0.500. The Hall–Kier alpha value is -0.830. The zero-order valence-corrected chi connectivity index (χ0v) is 9.73. The molecule has 0 N–H and O–H groups in total. The summed E-state index contributed by atoms with van der Waals surface area (Å²) in [6.45, 7) is 0. The lowest BCUT2D eigenvalue weighted by molar-refractivity contribution is 1.30. The number of alkyl halides is 1. The van der Waals surface area contributed by atoms with Crippen molar-refractivity contribution >= 4 is 39.4 Å². The van der Waals surface area contributed by atoms with E-state index in [9.17, 15) is 0 Å². The fourth-order valence-corrected chi connectivity index (χ4v) is 2.79. The summed E-state index contributed by atoms with van der Waals surface area (Å²) in [4.78, 5) is 0. The van der Waals surface area contributed by atoms with Gasteiger partial charge in [-0.1, -0.05) is 71.1 Å². The van der Waals surface area contributed by atoms with Gasteiger partial charge in [-0.2, -0.15) is 0 Å². The largest absolute Gasteiger partial charge is 0.0728 e. The highest BCUT2D eigenvalue weighted by molar-refractivity contribution is 14.1. The lowest BCUT2D eigenvalue weighted by Crippen LogP contribution is -1.94. The molecule has 2 aromatic carbocycles. The zero-order valence-electron chi connectivity index (χ0n) is 7.57. The van der Waals surface area contributed by atoms with Crippen molar-refractivity contribution in [1.82, 2.24) is 0 Å². The molecule has 68 valence electrons. The second-order valence-electron chi connectivity index (χ2n) is 3.55. The van der Waals surface area contributed by atoms with E-state index in [1.54, 1.807) is 0 Å². The summed E-state index contributed by atoms with van der Waals surface area (Å²) in [5.74, 6) is 0. The van der Waals surface area contributed by atoms with Gasteiger partial charge in [0.1, 0.15) is 0 Å². The molecule has 14 heavy (non-hydrogen) atoms. The third-order valence-electron chi connectivity index (χ3n) is 2.71. The fourth-order valence-electron chi connectivity index (χ4n) is 2.06. The number of allylic oxidation sites excluding steroid dienone is 1. The van der Waals surface area contributed by atoms with Crippen LogP contribution in [0.25, 0.3) is 16.8 Å². The lowest BCUT2D eigenvalue weighted by Gasteiger charge is -2.16. The van der Waals surface area contributed by atoms with Crippen LogP contribution in [0.2, 0.25) is 0 Å². The molecule has 1 heteroatoms. The molecule has 1 unspecified atom stereocenters. The van der Waals surface area contributed by atoms with Crippen LogP contribution in [0.3, 0.4) is 0 Å². The van der Waals surface area contributed by atoms with Crippen LogP contribution < -0.4 is 0 Å². The van der Waals surface area contributed by atoms with Gasteiger partial charge >= 0.3 is 0 Å². The third kappa shape index (κ3) is 1.12. The van der Waals surface area contributed by atoms with Gasteiger partial charge < -0.3 is 0 Å². The predicted octanol–water partition coefficient (Wildman–Crippen LogP) is 4.34. The normalized spacial score (nSPS) is 18.8. The number of rotatable bonds is 0. The van der Waals surface area contributed by atoms with Crippen molar-refractivity contribution in [3.63, 3.8) is 0 Å². The van der Waals surface area contributed by atoms with Gasteiger partial charge in [0.05, 0.1) is 3.92 Å². The van der Waals surface area contributed by atoms with E-state index in [0.29, 0.717) is 3.92 Å². The van der Waals surface area contributed by atoms with Crippen molar-refractivity contribution in [3.8, 4) is 0 Å². The molecule has 1 atom stereocenters. The summed E-state index contributed by atoms with van der Waals surface area (Å²) in [5, 5.41) is 2.78. The number of halogens is 1. The summed E-state index contributed by atoms with van der Waals surface area (Å²) in [7, 11) is 0. The van der Waals surface area contributed by atoms with E-state index >= 15 is 0 Å². The van der Waals surface area contributed by atoms with Crippen LogP contribution in [-0.4, -0.2) is 0 Å². The first kappa shape index (κ1) is 8.48. The van der Waals surface area contributed by atoms with Crippen LogP contribution in [0.15, 0.2) is 42.5 Å². The Morgan fingerprint density at radius 1 is 1.00 bits per heavy atom. The average molecular weight is 292 g/mol. The Morgan fingerprint density at radius 3 is 2.64 bits per heavy atom. The molecule has 0 bridgehead atoms. The van der Waals surface area contributed by atoms with Gasteiger partial charge in [-0.05, 0) is 21.9 Å². The topological polar surface area (TPSA) is 0 Å². The summed E-state index contributed by atoms with van der Waals surface area (Å²) in [5.41, 5.74) is 2.80. The van der Waals surface area contributed by atoms with Gasteiger partial charge in [-0.3, -0.25) is 0 Å². The van der Waals surface area contributed by atoms with E-state index in [-0.39, 0.29) is 0 Å². The summed E-state index contributed by atoms with van der Waals surface area (Å²) in [6.07, 6.45) is 4.49. The second kappa shape index (κ2) is 3.09. The molecule has 0 spiro atoms. The van der Waals surface area contributed by atoms with E-state index in [0.717, 1.165) is 0 Å². The van der Waals surface area contributed by atoms with Crippen molar-refractivity contribution in [2.24, 2.45) is 0 Å². The van der Waals surface area contributed by atoms with Crippen molar-refractivity contribution in [1.29, 1.82) is 0 Å². The Labute approximate surface area is 96.8 Å². The maximum atomic E-state index is 2.48. The first-order chi connectivity index (χ1) is 6.86. The first-order valence-electron chi connectivity index (χ1n) is 4.70. The van der Waals surface area contributed by atoms with E-state index in [2.05, 4.69) is 71.1 Å². The third-order valence-corrected chi connectivity index (χ3v) is 3.80. The maximum absolute atomic E-state index is 2.48. The van der Waals surface area contributed by atoms with Crippen LogP contribution in [-0.2, 0) is 0 Å². The number of hydrogen-bond donors (Lipinski definition) is 0. The van der Waals surface area contributed by atoms with Crippen LogP contribution in [0.1, 0.15) is 15.1 Å². The van der Waals surface area contributed by atoms with Crippen molar-refractivity contribution in [2.75, 3.05) is 0 Å². The average Bonchev–Trinajstić information content (AvgIpc) is 2.24. The molecule has 0 heterocycles. The number of hydrogen-bond acceptors (Lipinski definition) is 0. The van der Waals surface area contributed by atoms with Gasteiger partial charge in [0.15, 0.2) is 0 Å². The molecule has 1 aliphatic carbocycles. The molecule has 0 radical (unpaired) electrons. The Morgan fingerprint density at radius 2 is 1.79 bits per heavy atom. The molecule has 0 fully saturated rings. The molecule has 3 rings (SSSR count). The fraction of sp³-hybridized carbons (Fsp3) is 0.0769. The van der Waals surface area contributed by atoms with Crippen molar-refractivity contribution in [2.45, 2.75) is 3.92 Å². The van der Waals surface area contributed by atoms with Crippen LogP contribution in [0.4, 0.5) is 0 Å². The van der Waals surface area contributed by atoms with Gasteiger partial charge in [0.25, 0.3) is 0 Å². The highest BCUT2D eigenvalue weighted by Gasteiger charge is 2.13. The van der Waals surface area contributed by atoms with Crippen LogP contribution >= 0.6 is 22.6 Å². The standard InChI is InChI=1S/C13H9I/c14-12-8-7-10-4-1-3-9-5-2-6-11(12)13(9)10/h1-8,12H. The first-order valence-corrected chi connectivity index (χ1v) is 5.95. The summed E-state index contributed by atoms with van der Waals surface area (Å²) in [6, 6.07) is 13.1. The van der Waals surface area contributed by atoms with Crippen LogP contribution in [0, 0.1) is 0 Å². The monoisotopic (exact) mass is 292 g/mol. The molecule has 0 aromatic heterocycles. The molecule has 0 amide bonds. The maximum Gasteiger partial charge on any atom is 0.0548 e. The van der Waals surface area contributed by atoms with E-state index in [4.69, 9.17) is 0 Å². The minimum Gasteiger partial charge on any atom is -0.0728 e. The highest BCUT2D eigenvalue weighted by atomic mass is 127. The minimum atomic E-state index is 0.520. The smallest absolute Gasteiger partial charge is 0.0548 e. The molecule has 0 saturated carbocycles. The highest BCUT2D eigenvalue weighted by Crippen LogP contribution is 2.37. The van der Waals surface area contributed by atoms with Gasteiger partial charge in [0, 0.05) is 0 Å². The summed E-state index contributed by atoms with van der Waals surface area (Å²) >= 11 is 2.48. The van der Waals surface area contributed by atoms with E-state index < -0.39 is 0 Å². The Balaban J connectivity index is 2.52. The van der Waals surface area contributed by atoms with Gasteiger partial charge in [-0.15, -0.1) is 0 Å². The van der Waals surface area contributed by atoms with E-state index in [1.165, 1.54) is 21.9 Å². The van der Waals surface area contributed by atoms with Crippen molar-refractivity contribution in [3.05, 3.63) is 53.6 Å². The predicted molar refractivity (Wildman–Crippen MR) is 69.7 cm³/mol. The summed E-state index contributed by atoms with van der Waals surface area (Å²) < 4.78 is 0.520. The molecule has 0 nitrogen and oxygen atoms in total. The van der Waals surface area contributed by atoms with Crippen LogP contribution in [0.5, 0.6) is 0 Å². The molecular formula is C13H9I. The molecular weight excluding hydrogens is 283 g/mol. The molecule has 0 saturated heterocycles. The van der Waals surface area contributed by atoms with Gasteiger partial charge in [-0.25, -0.2) is 0 Å². The molecule has 2 aromatic rings. The SMILES string of the molecule is IC1C=Cc2cccc3cccc1c23. The lowest BCUT2D eigenvalue weighted by atomic mass is 9.93. The molecule has 0 aliphatic heterocycles.